The second-order valence-electron chi connectivity index (χ2n) is 3.62. The topological polar surface area (TPSA) is 3.24 Å². The van der Waals surface area contributed by atoms with Crippen molar-refractivity contribution in [2.24, 2.45) is 0 Å². The largest absolute Gasteiger partial charge is 0.377 e. The normalized spacial score (nSPS) is 8.81. The second kappa shape index (κ2) is 6.89. The molecule has 0 unspecified atom stereocenters. The summed E-state index contributed by atoms with van der Waals surface area (Å²) in [6.45, 7) is 13.8. The van der Waals surface area contributed by atoms with Gasteiger partial charge in [-0.2, -0.15) is 0 Å². The number of hydrogen-bond donors (Lipinski definition) is 0. The molecule has 1 aromatic carbocycles. The summed E-state index contributed by atoms with van der Waals surface area (Å²) in [4.78, 5) is 2.09. The molecule has 0 aromatic heterocycles. The molecule has 0 fully saturated rings. The average Bonchev–Trinajstić information content (AvgIpc) is 2.30. The van der Waals surface area contributed by atoms with E-state index in [1.165, 1.54) is 11.3 Å². The van der Waals surface area contributed by atoms with Crippen LogP contribution in [-0.2, 0) is 0 Å². The van der Waals surface area contributed by atoms with E-state index in [0.717, 1.165) is 11.1 Å². The van der Waals surface area contributed by atoms with Crippen LogP contribution >= 0.6 is 0 Å². The van der Waals surface area contributed by atoms with Gasteiger partial charge >= 0.3 is 0 Å². The molecule has 0 saturated heterocycles. The Balaban J connectivity index is 0.00000106. The maximum absolute atomic E-state index is 3.97. The molecule has 0 aliphatic rings. The number of nitrogens with zero attached hydrogens (tertiary/aromatic N) is 1. The highest BCUT2D eigenvalue weighted by Gasteiger charge is 2.06. The summed E-state index contributed by atoms with van der Waals surface area (Å²) >= 11 is 0. The minimum absolute atomic E-state index is 1.07. The molecule has 0 amide bonds. The Morgan fingerprint density at radius 2 is 1.81 bits per heavy atom. The lowest BCUT2D eigenvalue weighted by Crippen LogP contribution is -2.10. The van der Waals surface area contributed by atoms with E-state index in [-0.39, 0.29) is 0 Å². The van der Waals surface area contributed by atoms with Gasteiger partial charge in [0.1, 0.15) is 0 Å². The summed E-state index contributed by atoms with van der Waals surface area (Å²) in [7, 11) is 4.06. The zero-order chi connectivity index (χ0) is 12.7. The molecule has 1 aromatic rings. The van der Waals surface area contributed by atoms with Gasteiger partial charge < -0.3 is 4.90 Å². The predicted octanol–water partition coefficient (Wildman–Crippen LogP) is 4.45. The molecule has 88 valence electrons. The number of benzene rings is 1. The van der Waals surface area contributed by atoms with Gasteiger partial charge in [-0.05, 0) is 18.6 Å². The highest BCUT2D eigenvalue weighted by Crippen LogP contribution is 2.27. The minimum Gasteiger partial charge on any atom is -0.377 e. The molecule has 0 atom stereocenters. The highest BCUT2D eigenvalue weighted by molar-refractivity contribution is 5.79. The molecule has 0 heterocycles. The third-order valence-corrected chi connectivity index (χ3v) is 2.23. The Morgan fingerprint density at radius 1 is 1.25 bits per heavy atom. The van der Waals surface area contributed by atoms with Crippen molar-refractivity contribution in [1.82, 2.24) is 0 Å². The summed E-state index contributed by atoms with van der Waals surface area (Å²) in [5.41, 5.74) is 4.58. The van der Waals surface area contributed by atoms with Crippen LogP contribution in [0.4, 0.5) is 5.69 Å². The van der Waals surface area contributed by atoms with Crippen LogP contribution in [-0.4, -0.2) is 14.1 Å². The Labute approximate surface area is 100 Å². The number of hydrogen-bond acceptors (Lipinski definition) is 1. The summed E-state index contributed by atoms with van der Waals surface area (Å²) in [6, 6.07) is 6.21. The van der Waals surface area contributed by atoms with Gasteiger partial charge in [-0.1, -0.05) is 50.8 Å². The van der Waals surface area contributed by atoms with Gasteiger partial charge in [-0.25, -0.2) is 0 Å². The fraction of sp³-hybridized carbons (Fsp3) is 0.333. The molecule has 0 N–H and O–H groups in total. The van der Waals surface area contributed by atoms with Crippen LogP contribution in [0.15, 0.2) is 31.4 Å². The van der Waals surface area contributed by atoms with Crippen molar-refractivity contribution >= 4 is 17.3 Å². The smallest absolute Gasteiger partial charge is 0.0440 e. The van der Waals surface area contributed by atoms with E-state index in [9.17, 15) is 0 Å². The van der Waals surface area contributed by atoms with E-state index in [4.69, 9.17) is 0 Å². The third kappa shape index (κ3) is 3.27. The van der Waals surface area contributed by atoms with Gasteiger partial charge in [0, 0.05) is 25.3 Å². The van der Waals surface area contributed by atoms with Gasteiger partial charge in [0.15, 0.2) is 0 Å². The average molecular weight is 217 g/mol. The molecule has 0 bridgehead atoms. The summed E-state index contributed by atoms with van der Waals surface area (Å²) in [6.07, 6.45) is 1.89. The van der Waals surface area contributed by atoms with Gasteiger partial charge in [0.2, 0.25) is 0 Å². The molecule has 1 heteroatoms. The fourth-order valence-corrected chi connectivity index (χ4v) is 1.53. The maximum Gasteiger partial charge on any atom is 0.0440 e. The maximum atomic E-state index is 3.97. The van der Waals surface area contributed by atoms with Gasteiger partial charge in [-0.3, -0.25) is 0 Å². The summed E-state index contributed by atoms with van der Waals surface area (Å²) < 4.78 is 0. The van der Waals surface area contributed by atoms with E-state index in [2.05, 4.69) is 30.2 Å². The molecular weight excluding hydrogens is 194 g/mol. The molecule has 1 nitrogen and oxygen atoms in total. The Kier molecular flexibility index (Phi) is 6.24. The van der Waals surface area contributed by atoms with Crippen LogP contribution in [0.3, 0.4) is 0 Å². The lowest BCUT2D eigenvalue weighted by molar-refractivity contribution is 1.13. The first-order chi connectivity index (χ1) is 7.57. The Hall–Kier alpha value is -1.50. The lowest BCUT2D eigenvalue weighted by Gasteiger charge is -2.18. The molecule has 0 spiro atoms. The van der Waals surface area contributed by atoms with Gasteiger partial charge in [0.25, 0.3) is 0 Å². The summed E-state index contributed by atoms with van der Waals surface area (Å²) in [5.74, 6) is 0. The van der Waals surface area contributed by atoms with Crippen molar-refractivity contribution in [3.8, 4) is 0 Å². The number of allylic oxidation sites excluding steroid dienone is 1. The molecule has 0 saturated carbocycles. The molecule has 1 rings (SSSR count). The zero-order valence-corrected chi connectivity index (χ0v) is 11.2. The van der Waals surface area contributed by atoms with Crippen LogP contribution in [0.5, 0.6) is 0 Å². The van der Waals surface area contributed by atoms with Crippen molar-refractivity contribution in [3.63, 3.8) is 0 Å². The van der Waals surface area contributed by atoms with E-state index in [1.54, 1.807) is 0 Å². The monoisotopic (exact) mass is 217 g/mol. The van der Waals surface area contributed by atoms with Crippen LogP contribution in [0.1, 0.15) is 31.9 Å². The van der Waals surface area contributed by atoms with Crippen LogP contribution in [0, 0.1) is 0 Å². The highest BCUT2D eigenvalue weighted by atomic mass is 15.1. The molecule has 0 radical (unpaired) electrons. The van der Waals surface area contributed by atoms with E-state index in [0.29, 0.717) is 0 Å². The minimum atomic E-state index is 1.07. The molecule has 0 aliphatic carbocycles. The standard InChI is InChI=1S/C13H17N.C2H6/c1-6-11-12(10(2)3)8-7-9-13(11)14(4)5;1-2/h6-9H,1-2H2,3-5H3;1-2H3. The van der Waals surface area contributed by atoms with Crippen molar-refractivity contribution in [3.05, 3.63) is 42.5 Å². The van der Waals surface area contributed by atoms with Gasteiger partial charge in [0.05, 0.1) is 0 Å². The zero-order valence-electron chi connectivity index (χ0n) is 11.2. The number of rotatable bonds is 3. The van der Waals surface area contributed by atoms with E-state index < -0.39 is 0 Å². The van der Waals surface area contributed by atoms with Gasteiger partial charge in [-0.15, -0.1) is 0 Å². The van der Waals surface area contributed by atoms with E-state index in [1.807, 2.05) is 47.0 Å². The molecule has 0 aliphatic heterocycles. The van der Waals surface area contributed by atoms with E-state index >= 15 is 0 Å². The quantitative estimate of drug-likeness (QED) is 0.722. The van der Waals surface area contributed by atoms with Crippen molar-refractivity contribution in [2.45, 2.75) is 20.8 Å². The van der Waals surface area contributed by atoms with Crippen LogP contribution < -0.4 is 4.90 Å². The predicted molar refractivity (Wildman–Crippen MR) is 76.9 cm³/mol. The van der Waals surface area contributed by atoms with Crippen LogP contribution in [0.25, 0.3) is 11.6 Å². The number of anilines is 1. The lowest BCUT2D eigenvalue weighted by atomic mass is 10.00. The SMILES string of the molecule is C=Cc1c(C(=C)C)cccc1N(C)C.CC. The first-order valence-corrected chi connectivity index (χ1v) is 5.66. The second-order valence-corrected chi connectivity index (χ2v) is 3.62. The Morgan fingerprint density at radius 3 is 2.19 bits per heavy atom. The van der Waals surface area contributed by atoms with Crippen molar-refractivity contribution < 1.29 is 0 Å². The van der Waals surface area contributed by atoms with Crippen molar-refractivity contribution in [1.29, 1.82) is 0 Å². The van der Waals surface area contributed by atoms with Crippen LogP contribution in [0.2, 0.25) is 0 Å². The van der Waals surface area contributed by atoms with Crippen molar-refractivity contribution in [2.75, 3.05) is 19.0 Å². The first kappa shape index (κ1) is 14.5. The summed E-state index contributed by atoms with van der Waals surface area (Å²) in [5, 5.41) is 0. The molecule has 16 heavy (non-hydrogen) atoms. The Bertz CT molecular complexity index is 362. The molecular formula is C15H23N. The fourth-order valence-electron chi connectivity index (χ4n) is 1.53. The first-order valence-electron chi connectivity index (χ1n) is 5.66. The third-order valence-electron chi connectivity index (χ3n) is 2.23.